The monoisotopic (exact) mass is 236 g/mol. The van der Waals surface area contributed by atoms with Crippen molar-refractivity contribution in [2.24, 2.45) is 11.7 Å². The molecular formula is C14H24N2O. The molecule has 3 heteroatoms. The van der Waals surface area contributed by atoms with Crippen molar-refractivity contribution in [1.29, 1.82) is 0 Å². The van der Waals surface area contributed by atoms with Crippen LogP contribution in [-0.4, -0.2) is 17.5 Å². The van der Waals surface area contributed by atoms with Gasteiger partial charge in [-0.25, -0.2) is 0 Å². The van der Waals surface area contributed by atoms with Gasteiger partial charge in [0.25, 0.3) is 0 Å². The van der Waals surface area contributed by atoms with Crippen LogP contribution in [0, 0.1) is 12.8 Å². The summed E-state index contributed by atoms with van der Waals surface area (Å²) in [6.45, 7) is 9.42. The first-order chi connectivity index (χ1) is 8.11. The molecule has 2 atom stereocenters. The van der Waals surface area contributed by atoms with Gasteiger partial charge in [-0.3, -0.25) is 4.90 Å². The molecule has 96 valence electrons. The number of piperidine rings is 1. The lowest BCUT2D eigenvalue weighted by atomic mass is 9.92. The van der Waals surface area contributed by atoms with Crippen LogP contribution in [-0.2, 0) is 13.1 Å². The van der Waals surface area contributed by atoms with E-state index in [2.05, 4.69) is 24.8 Å². The van der Waals surface area contributed by atoms with Crippen LogP contribution in [0.4, 0.5) is 0 Å². The largest absolute Gasteiger partial charge is 0.465 e. The first-order valence-electron chi connectivity index (χ1n) is 6.64. The fourth-order valence-corrected chi connectivity index (χ4v) is 2.71. The third-order valence-corrected chi connectivity index (χ3v) is 4.15. The van der Waals surface area contributed by atoms with Gasteiger partial charge >= 0.3 is 0 Å². The topological polar surface area (TPSA) is 42.4 Å². The summed E-state index contributed by atoms with van der Waals surface area (Å²) < 4.78 is 5.62. The van der Waals surface area contributed by atoms with Gasteiger partial charge in [0.05, 0.1) is 6.54 Å². The molecular weight excluding hydrogens is 212 g/mol. The van der Waals surface area contributed by atoms with Gasteiger partial charge in [-0.15, -0.1) is 0 Å². The first-order valence-corrected chi connectivity index (χ1v) is 6.64. The molecule has 0 saturated carbocycles. The maximum atomic E-state index is 5.62. The minimum Gasteiger partial charge on any atom is -0.465 e. The van der Waals surface area contributed by atoms with Crippen molar-refractivity contribution in [3.05, 3.63) is 23.2 Å². The van der Waals surface area contributed by atoms with Crippen LogP contribution in [0.1, 0.15) is 43.8 Å². The fraction of sp³-hybridized carbons (Fsp3) is 0.714. The number of nitrogens with zero attached hydrogens (tertiary/aromatic N) is 1. The number of aryl methyl sites for hydroxylation is 1. The molecule has 2 heterocycles. The van der Waals surface area contributed by atoms with Crippen LogP contribution in [0.5, 0.6) is 0 Å². The molecule has 0 bridgehead atoms. The average Bonchev–Trinajstić information content (AvgIpc) is 2.66. The Bertz CT molecular complexity index is 372. The number of rotatable bonds is 3. The van der Waals surface area contributed by atoms with Crippen LogP contribution in [0.25, 0.3) is 0 Å². The van der Waals surface area contributed by atoms with Crippen molar-refractivity contribution < 1.29 is 4.42 Å². The SMILES string of the molecule is Cc1oc(CN)cc1CN1CCCC(C)C1C. The second-order valence-corrected chi connectivity index (χ2v) is 5.33. The fourth-order valence-electron chi connectivity index (χ4n) is 2.71. The molecule has 1 saturated heterocycles. The molecule has 3 nitrogen and oxygen atoms in total. The van der Waals surface area contributed by atoms with E-state index in [1.54, 1.807) is 0 Å². The molecule has 1 aromatic rings. The van der Waals surface area contributed by atoms with E-state index in [4.69, 9.17) is 10.2 Å². The van der Waals surface area contributed by atoms with E-state index < -0.39 is 0 Å². The van der Waals surface area contributed by atoms with Gasteiger partial charge in [-0.2, -0.15) is 0 Å². The zero-order valence-corrected chi connectivity index (χ0v) is 11.2. The van der Waals surface area contributed by atoms with E-state index in [1.807, 2.05) is 6.92 Å². The van der Waals surface area contributed by atoms with Crippen molar-refractivity contribution in [2.75, 3.05) is 6.54 Å². The third-order valence-electron chi connectivity index (χ3n) is 4.15. The predicted octanol–water partition coefficient (Wildman–Crippen LogP) is 2.67. The molecule has 2 unspecified atom stereocenters. The zero-order valence-electron chi connectivity index (χ0n) is 11.2. The quantitative estimate of drug-likeness (QED) is 0.877. The predicted molar refractivity (Wildman–Crippen MR) is 69.6 cm³/mol. The summed E-state index contributed by atoms with van der Waals surface area (Å²) in [5.41, 5.74) is 6.90. The summed E-state index contributed by atoms with van der Waals surface area (Å²) in [7, 11) is 0. The smallest absolute Gasteiger partial charge is 0.118 e. The van der Waals surface area contributed by atoms with E-state index in [1.165, 1.54) is 24.9 Å². The van der Waals surface area contributed by atoms with Gasteiger partial charge in [0.2, 0.25) is 0 Å². The highest BCUT2D eigenvalue weighted by molar-refractivity contribution is 5.20. The van der Waals surface area contributed by atoms with E-state index >= 15 is 0 Å². The third kappa shape index (κ3) is 2.72. The number of likely N-dealkylation sites (tertiary alicyclic amines) is 1. The van der Waals surface area contributed by atoms with Crippen molar-refractivity contribution in [2.45, 2.75) is 52.7 Å². The minimum atomic E-state index is 0.493. The van der Waals surface area contributed by atoms with Gasteiger partial charge in [0.1, 0.15) is 11.5 Å². The Labute approximate surface area is 104 Å². The van der Waals surface area contributed by atoms with Crippen molar-refractivity contribution in [3.63, 3.8) is 0 Å². The van der Waals surface area contributed by atoms with Crippen LogP contribution in [0.3, 0.4) is 0 Å². The lowest BCUT2D eigenvalue weighted by Gasteiger charge is -2.37. The molecule has 1 aromatic heterocycles. The van der Waals surface area contributed by atoms with Gasteiger partial charge in [0.15, 0.2) is 0 Å². The van der Waals surface area contributed by atoms with Gasteiger partial charge in [-0.1, -0.05) is 6.92 Å². The van der Waals surface area contributed by atoms with Crippen LogP contribution in [0.2, 0.25) is 0 Å². The highest BCUT2D eigenvalue weighted by Crippen LogP contribution is 2.26. The molecule has 0 spiro atoms. The maximum Gasteiger partial charge on any atom is 0.118 e. The Balaban J connectivity index is 2.06. The van der Waals surface area contributed by atoms with Gasteiger partial charge < -0.3 is 10.2 Å². The highest BCUT2D eigenvalue weighted by atomic mass is 16.3. The second kappa shape index (κ2) is 5.23. The average molecular weight is 236 g/mol. The zero-order chi connectivity index (χ0) is 12.4. The molecule has 1 aliphatic rings. The van der Waals surface area contributed by atoms with Crippen molar-refractivity contribution in [1.82, 2.24) is 4.90 Å². The Kier molecular flexibility index (Phi) is 3.89. The van der Waals surface area contributed by atoms with E-state index in [-0.39, 0.29) is 0 Å². The second-order valence-electron chi connectivity index (χ2n) is 5.33. The summed E-state index contributed by atoms with van der Waals surface area (Å²) in [4.78, 5) is 2.56. The van der Waals surface area contributed by atoms with Gasteiger partial charge in [0, 0.05) is 18.2 Å². The molecule has 0 amide bonds. The molecule has 0 radical (unpaired) electrons. The van der Waals surface area contributed by atoms with Crippen LogP contribution >= 0.6 is 0 Å². The van der Waals surface area contributed by atoms with Crippen LogP contribution in [0.15, 0.2) is 10.5 Å². The molecule has 0 aliphatic carbocycles. The Morgan fingerprint density at radius 3 is 2.88 bits per heavy atom. The molecule has 17 heavy (non-hydrogen) atoms. The number of hydrogen-bond acceptors (Lipinski definition) is 3. The Hall–Kier alpha value is -0.800. The summed E-state index contributed by atoms with van der Waals surface area (Å²) >= 11 is 0. The van der Waals surface area contributed by atoms with E-state index in [0.29, 0.717) is 12.6 Å². The minimum absolute atomic E-state index is 0.493. The lowest BCUT2D eigenvalue weighted by molar-refractivity contribution is 0.106. The summed E-state index contributed by atoms with van der Waals surface area (Å²) in [5, 5.41) is 0. The maximum absolute atomic E-state index is 5.62. The summed E-state index contributed by atoms with van der Waals surface area (Å²) in [5.74, 6) is 2.72. The molecule has 2 N–H and O–H groups in total. The summed E-state index contributed by atoms with van der Waals surface area (Å²) in [6, 6.07) is 2.78. The molecule has 0 aromatic carbocycles. The molecule has 2 rings (SSSR count). The molecule has 1 fully saturated rings. The van der Waals surface area contributed by atoms with Crippen LogP contribution < -0.4 is 5.73 Å². The normalized spacial score (nSPS) is 26.4. The number of nitrogens with two attached hydrogens (primary N) is 1. The number of hydrogen-bond donors (Lipinski definition) is 1. The Morgan fingerprint density at radius 1 is 1.47 bits per heavy atom. The molecule has 1 aliphatic heterocycles. The van der Waals surface area contributed by atoms with E-state index in [0.717, 1.165) is 24.0 Å². The lowest BCUT2D eigenvalue weighted by Crippen LogP contribution is -2.41. The van der Waals surface area contributed by atoms with E-state index in [9.17, 15) is 0 Å². The van der Waals surface area contributed by atoms with Crippen molar-refractivity contribution >= 4 is 0 Å². The van der Waals surface area contributed by atoms with Crippen molar-refractivity contribution in [3.8, 4) is 0 Å². The van der Waals surface area contributed by atoms with Gasteiger partial charge in [-0.05, 0) is 45.2 Å². The standard InChI is InChI=1S/C14H24N2O/c1-10-5-4-6-16(11(10)2)9-13-7-14(8-15)17-12(13)3/h7,10-11H,4-6,8-9,15H2,1-3H3. The highest BCUT2D eigenvalue weighted by Gasteiger charge is 2.25. The number of furan rings is 1. The Morgan fingerprint density at radius 2 is 2.24 bits per heavy atom. The summed E-state index contributed by atoms with van der Waals surface area (Å²) in [6.07, 6.45) is 2.67. The first kappa shape index (κ1) is 12.7.